The van der Waals surface area contributed by atoms with Crippen molar-refractivity contribution in [3.05, 3.63) is 76.5 Å². The number of aryl methyl sites for hydroxylation is 1. The zero-order valence-electron chi connectivity index (χ0n) is 17.6. The van der Waals surface area contributed by atoms with Gasteiger partial charge in [-0.3, -0.25) is 4.79 Å². The molecule has 2 aromatic carbocycles. The molecule has 7 heteroatoms. The third-order valence-electron chi connectivity index (χ3n) is 5.02. The second-order valence-electron chi connectivity index (χ2n) is 6.93. The number of amides is 1. The highest BCUT2D eigenvalue weighted by atomic mass is 35.5. The predicted octanol–water partition coefficient (Wildman–Crippen LogP) is 6.87. The summed E-state index contributed by atoms with van der Waals surface area (Å²) < 4.78 is 5.52. The van der Waals surface area contributed by atoms with Crippen LogP contribution in [-0.4, -0.2) is 24.2 Å². The highest BCUT2D eigenvalue weighted by Crippen LogP contribution is 2.37. The maximum Gasteiger partial charge on any atom is 0.261 e. The van der Waals surface area contributed by atoms with E-state index >= 15 is 0 Å². The first-order valence-electron chi connectivity index (χ1n) is 10.2. The molecule has 5 nitrogen and oxygen atoms in total. The summed E-state index contributed by atoms with van der Waals surface area (Å²) in [4.78, 5) is 15.5. The summed E-state index contributed by atoms with van der Waals surface area (Å²) in [6.45, 7) is 9.78. The maximum absolute atomic E-state index is 13.3. The van der Waals surface area contributed by atoms with Crippen molar-refractivity contribution < 1.29 is 9.32 Å². The molecule has 0 saturated carbocycles. The van der Waals surface area contributed by atoms with E-state index in [0.717, 1.165) is 18.8 Å². The third kappa shape index (κ3) is 5.12. The number of anilines is 2. The molecule has 0 aliphatic heterocycles. The van der Waals surface area contributed by atoms with Crippen LogP contribution >= 0.6 is 23.2 Å². The summed E-state index contributed by atoms with van der Waals surface area (Å²) >= 11 is 12.7. The van der Waals surface area contributed by atoms with Crippen molar-refractivity contribution in [2.45, 2.75) is 26.7 Å². The van der Waals surface area contributed by atoms with Crippen LogP contribution in [0.1, 0.15) is 36.4 Å². The van der Waals surface area contributed by atoms with Gasteiger partial charge in [0, 0.05) is 36.4 Å². The molecule has 0 radical (unpaired) electrons. The van der Waals surface area contributed by atoms with Crippen molar-refractivity contribution in [3.8, 4) is 11.3 Å². The normalized spacial score (nSPS) is 10.7. The molecule has 3 aromatic rings. The van der Waals surface area contributed by atoms with Crippen LogP contribution in [0, 0.1) is 0 Å². The Labute approximate surface area is 192 Å². The number of carbonyl (C=O) groups is 1. The van der Waals surface area contributed by atoms with Crippen molar-refractivity contribution in [3.63, 3.8) is 0 Å². The van der Waals surface area contributed by atoms with Gasteiger partial charge in [-0.05, 0) is 56.7 Å². The topological polar surface area (TPSA) is 58.4 Å². The number of halogens is 2. The number of aromatic nitrogens is 1. The first-order valence-corrected chi connectivity index (χ1v) is 11.0. The van der Waals surface area contributed by atoms with Crippen LogP contribution in [0.3, 0.4) is 0 Å². The first-order chi connectivity index (χ1) is 15.0. The van der Waals surface area contributed by atoms with Crippen molar-refractivity contribution in [2.24, 2.45) is 0 Å². The van der Waals surface area contributed by atoms with E-state index in [4.69, 9.17) is 27.7 Å². The van der Waals surface area contributed by atoms with E-state index in [1.165, 1.54) is 0 Å². The Balaban J connectivity index is 1.95. The van der Waals surface area contributed by atoms with Gasteiger partial charge in [-0.1, -0.05) is 40.5 Å². The molecule has 0 saturated heterocycles. The zero-order valence-corrected chi connectivity index (χ0v) is 19.1. The Kier molecular flexibility index (Phi) is 7.77. The molecule has 3 rings (SSSR count). The van der Waals surface area contributed by atoms with Gasteiger partial charge in [0.2, 0.25) is 0 Å². The Morgan fingerprint density at radius 1 is 1.13 bits per heavy atom. The average Bonchev–Trinajstić information content (AvgIpc) is 3.17. The summed E-state index contributed by atoms with van der Waals surface area (Å²) in [6, 6.07) is 12.9. The standard InChI is InChI=1S/C24H25Cl2N3O2/c1-4-7-11-20-22(23(28-31-20)21-18(25)9-8-10-19(21)26)24(30)27-16-12-14-17(15-13-16)29(5-2)6-3/h4,8-10,12-15H,1,5-7,11H2,2-3H3,(H,27,30). The van der Waals surface area contributed by atoms with Gasteiger partial charge in [0.05, 0.1) is 10.0 Å². The Morgan fingerprint density at radius 2 is 1.77 bits per heavy atom. The number of hydrogen-bond donors (Lipinski definition) is 1. The minimum atomic E-state index is -0.332. The lowest BCUT2D eigenvalue weighted by Crippen LogP contribution is -2.21. The molecule has 31 heavy (non-hydrogen) atoms. The molecule has 0 aliphatic rings. The fraction of sp³-hybridized carbons (Fsp3) is 0.250. The molecular weight excluding hydrogens is 433 g/mol. The van der Waals surface area contributed by atoms with Gasteiger partial charge in [0.25, 0.3) is 5.91 Å². The van der Waals surface area contributed by atoms with E-state index in [0.29, 0.717) is 51.2 Å². The maximum atomic E-state index is 13.3. The summed E-state index contributed by atoms with van der Waals surface area (Å²) in [5, 5.41) is 7.87. The molecule has 1 N–H and O–H groups in total. The van der Waals surface area contributed by atoms with Crippen LogP contribution in [-0.2, 0) is 6.42 Å². The highest BCUT2D eigenvalue weighted by Gasteiger charge is 2.26. The molecule has 162 valence electrons. The van der Waals surface area contributed by atoms with E-state index < -0.39 is 0 Å². The molecule has 1 heterocycles. The first kappa shape index (κ1) is 22.9. The van der Waals surface area contributed by atoms with E-state index in [2.05, 4.69) is 35.8 Å². The minimum Gasteiger partial charge on any atom is -0.372 e. The lowest BCUT2D eigenvalue weighted by molar-refractivity contribution is 0.102. The largest absolute Gasteiger partial charge is 0.372 e. The van der Waals surface area contributed by atoms with Crippen LogP contribution in [0.5, 0.6) is 0 Å². The number of rotatable bonds is 9. The van der Waals surface area contributed by atoms with Gasteiger partial charge in [0.15, 0.2) is 0 Å². The number of hydrogen-bond acceptors (Lipinski definition) is 4. The van der Waals surface area contributed by atoms with E-state index in [1.807, 2.05) is 24.3 Å². The Bertz CT molecular complexity index is 1040. The van der Waals surface area contributed by atoms with Crippen LogP contribution < -0.4 is 10.2 Å². The molecule has 0 spiro atoms. The fourth-order valence-electron chi connectivity index (χ4n) is 3.39. The second-order valence-corrected chi connectivity index (χ2v) is 7.74. The van der Waals surface area contributed by atoms with Crippen molar-refractivity contribution in [2.75, 3.05) is 23.3 Å². The van der Waals surface area contributed by atoms with Crippen LogP contribution in [0.25, 0.3) is 11.3 Å². The fourth-order valence-corrected chi connectivity index (χ4v) is 3.97. The van der Waals surface area contributed by atoms with Gasteiger partial charge in [0.1, 0.15) is 17.0 Å². The van der Waals surface area contributed by atoms with Crippen LogP contribution in [0.2, 0.25) is 10.0 Å². The number of carbonyl (C=O) groups excluding carboxylic acids is 1. The molecule has 0 fully saturated rings. The van der Waals surface area contributed by atoms with Gasteiger partial charge in [-0.25, -0.2) is 0 Å². The zero-order chi connectivity index (χ0) is 22.4. The van der Waals surface area contributed by atoms with Gasteiger partial charge in [-0.15, -0.1) is 6.58 Å². The van der Waals surface area contributed by atoms with E-state index in [9.17, 15) is 4.79 Å². The summed E-state index contributed by atoms with van der Waals surface area (Å²) in [5.41, 5.74) is 2.90. The molecular formula is C24H25Cl2N3O2. The van der Waals surface area contributed by atoms with Crippen molar-refractivity contribution in [1.29, 1.82) is 0 Å². The smallest absolute Gasteiger partial charge is 0.261 e. The quantitative estimate of drug-likeness (QED) is 0.356. The Hall–Kier alpha value is -2.76. The second kappa shape index (κ2) is 10.5. The molecule has 1 aromatic heterocycles. The Morgan fingerprint density at radius 3 is 2.35 bits per heavy atom. The van der Waals surface area contributed by atoms with Gasteiger partial charge in [-0.2, -0.15) is 0 Å². The number of nitrogens with one attached hydrogen (secondary N) is 1. The summed E-state index contributed by atoms with van der Waals surface area (Å²) in [5.74, 6) is 0.130. The van der Waals surface area contributed by atoms with E-state index in [1.54, 1.807) is 24.3 Å². The molecule has 0 atom stereocenters. The van der Waals surface area contributed by atoms with Crippen molar-refractivity contribution >= 4 is 40.5 Å². The summed E-state index contributed by atoms with van der Waals surface area (Å²) in [7, 11) is 0. The number of benzene rings is 2. The monoisotopic (exact) mass is 457 g/mol. The lowest BCUT2D eigenvalue weighted by Gasteiger charge is -2.21. The lowest BCUT2D eigenvalue weighted by atomic mass is 10.0. The SMILES string of the molecule is C=CCCc1onc(-c2c(Cl)cccc2Cl)c1C(=O)Nc1ccc(N(CC)CC)cc1. The van der Waals surface area contributed by atoms with Gasteiger partial charge >= 0.3 is 0 Å². The van der Waals surface area contributed by atoms with Crippen molar-refractivity contribution in [1.82, 2.24) is 5.16 Å². The predicted molar refractivity (Wildman–Crippen MR) is 128 cm³/mol. The average molecular weight is 458 g/mol. The molecule has 1 amide bonds. The number of allylic oxidation sites excluding steroid dienone is 1. The van der Waals surface area contributed by atoms with Crippen LogP contribution in [0.4, 0.5) is 11.4 Å². The molecule has 0 unspecified atom stereocenters. The number of nitrogens with zero attached hydrogens (tertiary/aromatic N) is 2. The summed E-state index contributed by atoms with van der Waals surface area (Å²) in [6.07, 6.45) is 2.89. The minimum absolute atomic E-state index is 0.324. The highest BCUT2D eigenvalue weighted by molar-refractivity contribution is 6.39. The molecule has 0 bridgehead atoms. The van der Waals surface area contributed by atoms with Crippen LogP contribution in [0.15, 0.2) is 59.6 Å². The van der Waals surface area contributed by atoms with E-state index in [-0.39, 0.29) is 5.91 Å². The third-order valence-corrected chi connectivity index (χ3v) is 5.65. The molecule has 0 aliphatic carbocycles. The van der Waals surface area contributed by atoms with Gasteiger partial charge < -0.3 is 14.7 Å².